The molecular formula is C14H19ClN2O3. The number of rotatable bonds is 4. The van der Waals surface area contributed by atoms with Crippen LogP contribution in [0.25, 0.3) is 0 Å². The minimum atomic E-state index is -0.731. The summed E-state index contributed by atoms with van der Waals surface area (Å²) >= 11 is 5.98. The lowest BCUT2D eigenvalue weighted by atomic mass is 10.2. The molecule has 0 atom stereocenters. The number of nitrogens with one attached hydrogen (secondary N) is 2. The van der Waals surface area contributed by atoms with Crippen LogP contribution in [0.4, 0.5) is 5.69 Å². The Morgan fingerprint density at radius 2 is 1.95 bits per heavy atom. The summed E-state index contributed by atoms with van der Waals surface area (Å²) in [7, 11) is 1.47. The van der Waals surface area contributed by atoms with Crippen molar-refractivity contribution in [1.29, 1.82) is 0 Å². The van der Waals surface area contributed by atoms with E-state index in [1.807, 2.05) is 13.8 Å². The summed E-state index contributed by atoms with van der Waals surface area (Å²) in [5, 5.41) is 5.60. The van der Waals surface area contributed by atoms with Crippen LogP contribution in [-0.2, 0) is 9.59 Å². The van der Waals surface area contributed by atoms with Crippen molar-refractivity contribution in [2.45, 2.75) is 20.8 Å². The van der Waals surface area contributed by atoms with E-state index in [1.165, 1.54) is 7.11 Å². The molecule has 0 spiro atoms. The minimum absolute atomic E-state index is 0.277. The van der Waals surface area contributed by atoms with E-state index in [9.17, 15) is 9.59 Å². The Kier molecular flexibility index (Phi) is 5.82. The first-order valence-corrected chi connectivity index (χ1v) is 6.66. The first kappa shape index (κ1) is 16.3. The van der Waals surface area contributed by atoms with Gasteiger partial charge in [0.25, 0.3) is 0 Å². The summed E-state index contributed by atoms with van der Waals surface area (Å²) < 4.78 is 5.13. The summed E-state index contributed by atoms with van der Waals surface area (Å²) in [5.41, 5.74) is 1.20. The first-order chi connectivity index (χ1) is 9.35. The second-order valence-electron chi connectivity index (χ2n) is 4.86. The number of carbonyl (C=O) groups is 2. The van der Waals surface area contributed by atoms with Gasteiger partial charge in [0.15, 0.2) is 0 Å². The Bertz CT molecular complexity index is 515. The zero-order valence-electron chi connectivity index (χ0n) is 12.0. The topological polar surface area (TPSA) is 67.4 Å². The van der Waals surface area contributed by atoms with E-state index >= 15 is 0 Å². The van der Waals surface area contributed by atoms with Crippen LogP contribution in [0.15, 0.2) is 12.1 Å². The molecule has 0 saturated heterocycles. The fourth-order valence-corrected chi connectivity index (χ4v) is 1.64. The highest BCUT2D eigenvalue weighted by Gasteiger charge is 2.16. The summed E-state index contributed by atoms with van der Waals surface area (Å²) in [4.78, 5) is 23.4. The molecule has 0 heterocycles. The number of ether oxygens (including phenoxy) is 1. The third kappa shape index (κ3) is 4.42. The standard InChI is InChI=1S/C14H19ClN2O3/c1-8(2)7-16-13(18)14(19)17-11-5-9(3)10(15)6-12(11)20-4/h5-6,8H,7H2,1-4H3,(H,16,18)(H,17,19). The van der Waals surface area contributed by atoms with Gasteiger partial charge >= 0.3 is 11.8 Å². The number of benzene rings is 1. The first-order valence-electron chi connectivity index (χ1n) is 6.28. The van der Waals surface area contributed by atoms with Crippen LogP contribution in [0.3, 0.4) is 0 Å². The van der Waals surface area contributed by atoms with Crippen molar-refractivity contribution in [2.24, 2.45) is 5.92 Å². The van der Waals surface area contributed by atoms with E-state index < -0.39 is 11.8 Å². The molecule has 0 saturated carbocycles. The molecule has 1 rings (SSSR count). The molecule has 0 aliphatic heterocycles. The SMILES string of the molecule is COc1cc(Cl)c(C)cc1NC(=O)C(=O)NCC(C)C. The van der Waals surface area contributed by atoms with Gasteiger partial charge in [0.05, 0.1) is 12.8 Å². The molecule has 0 fully saturated rings. The van der Waals surface area contributed by atoms with Crippen molar-refractivity contribution in [1.82, 2.24) is 5.32 Å². The van der Waals surface area contributed by atoms with Crippen molar-refractivity contribution < 1.29 is 14.3 Å². The van der Waals surface area contributed by atoms with E-state index in [0.717, 1.165) is 5.56 Å². The fourth-order valence-electron chi connectivity index (χ4n) is 1.49. The molecule has 20 heavy (non-hydrogen) atoms. The van der Waals surface area contributed by atoms with E-state index in [4.69, 9.17) is 16.3 Å². The highest BCUT2D eigenvalue weighted by molar-refractivity contribution is 6.40. The van der Waals surface area contributed by atoms with E-state index in [1.54, 1.807) is 19.1 Å². The number of aryl methyl sites for hydroxylation is 1. The van der Waals surface area contributed by atoms with Crippen LogP contribution in [0.5, 0.6) is 5.75 Å². The molecule has 0 aromatic heterocycles. The second kappa shape index (κ2) is 7.14. The average Bonchev–Trinajstić information content (AvgIpc) is 2.39. The Morgan fingerprint density at radius 1 is 1.30 bits per heavy atom. The van der Waals surface area contributed by atoms with Gasteiger partial charge in [-0.1, -0.05) is 25.4 Å². The Hall–Kier alpha value is -1.75. The van der Waals surface area contributed by atoms with E-state index in [2.05, 4.69) is 10.6 Å². The molecule has 2 N–H and O–H groups in total. The summed E-state index contributed by atoms with van der Waals surface area (Å²) in [6.07, 6.45) is 0. The smallest absolute Gasteiger partial charge is 0.313 e. The zero-order valence-corrected chi connectivity index (χ0v) is 12.8. The number of halogens is 1. The van der Waals surface area contributed by atoms with Crippen LogP contribution in [0, 0.1) is 12.8 Å². The Balaban J connectivity index is 2.80. The van der Waals surface area contributed by atoms with Gasteiger partial charge in [-0.15, -0.1) is 0 Å². The predicted molar refractivity (Wildman–Crippen MR) is 79.2 cm³/mol. The molecule has 1 aromatic rings. The van der Waals surface area contributed by atoms with Gasteiger partial charge in [-0.2, -0.15) is 0 Å². The maximum absolute atomic E-state index is 11.8. The lowest BCUT2D eigenvalue weighted by Gasteiger charge is -2.12. The van der Waals surface area contributed by atoms with Gasteiger partial charge in [-0.25, -0.2) is 0 Å². The summed E-state index contributed by atoms with van der Waals surface area (Å²) in [6, 6.07) is 3.26. The number of carbonyl (C=O) groups excluding carboxylic acids is 2. The third-order valence-corrected chi connectivity index (χ3v) is 3.01. The number of methoxy groups -OCH3 is 1. The largest absolute Gasteiger partial charge is 0.495 e. The average molecular weight is 299 g/mol. The number of amides is 2. The molecule has 6 heteroatoms. The van der Waals surface area contributed by atoms with Gasteiger partial charge in [0.1, 0.15) is 5.75 Å². The molecular weight excluding hydrogens is 280 g/mol. The molecule has 0 aliphatic carbocycles. The molecule has 110 valence electrons. The highest BCUT2D eigenvalue weighted by Crippen LogP contribution is 2.30. The van der Waals surface area contributed by atoms with Crippen molar-refractivity contribution in [2.75, 3.05) is 19.0 Å². The Labute approximate surface area is 123 Å². The van der Waals surface area contributed by atoms with Crippen LogP contribution in [0.1, 0.15) is 19.4 Å². The van der Waals surface area contributed by atoms with Gasteiger partial charge in [0, 0.05) is 17.6 Å². The van der Waals surface area contributed by atoms with Crippen LogP contribution in [-0.4, -0.2) is 25.5 Å². The van der Waals surface area contributed by atoms with Crippen molar-refractivity contribution >= 4 is 29.1 Å². The Morgan fingerprint density at radius 3 is 2.50 bits per heavy atom. The van der Waals surface area contributed by atoms with Crippen molar-refractivity contribution in [3.05, 3.63) is 22.7 Å². The number of anilines is 1. The minimum Gasteiger partial charge on any atom is -0.495 e. The quantitative estimate of drug-likeness (QED) is 0.839. The normalized spacial score (nSPS) is 10.3. The lowest BCUT2D eigenvalue weighted by molar-refractivity contribution is -0.136. The van der Waals surface area contributed by atoms with E-state index in [0.29, 0.717) is 23.0 Å². The van der Waals surface area contributed by atoms with Crippen molar-refractivity contribution in [3.8, 4) is 5.75 Å². The second-order valence-corrected chi connectivity index (χ2v) is 5.27. The molecule has 0 bridgehead atoms. The molecule has 2 amide bonds. The highest BCUT2D eigenvalue weighted by atomic mass is 35.5. The van der Waals surface area contributed by atoms with E-state index in [-0.39, 0.29) is 5.92 Å². The summed E-state index contributed by atoms with van der Waals surface area (Å²) in [6.45, 7) is 6.15. The van der Waals surface area contributed by atoms with Gasteiger partial charge in [-0.05, 0) is 24.5 Å². The summed E-state index contributed by atoms with van der Waals surface area (Å²) in [5.74, 6) is -0.719. The molecule has 1 aromatic carbocycles. The number of hydrogen-bond acceptors (Lipinski definition) is 3. The van der Waals surface area contributed by atoms with Crippen LogP contribution < -0.4 is 15.4 Å². The predicted octanol–water partition coefficient (Wildman–Crippen LogP) is 2.37. The van der Waals surface area contributed by atoms with Crippen molar-refractivity contribution in [3.63, 3.8) is 0 Å². The zero-order chi connectivity index (χ0) is 15.3. The molecule has 5 nitrogen and oxygen atoms in total. The maximum atomic E-state index is 11.8. The van der Waals surface area contributed by atoms with Gasteiger partial charge in [-0.3, -0.25) is 9.59 Å². The molecule has 0 unspecified atom stereocenters. The lowest BCUT2D eigenvalue weighted by Crippen LogP contribution is -2.37. The molecule has 0 aliphatic rings. The van der Waals surface area contributed by atoms with Gasteiger partial charge < -0.3 is 15.4 Å². The van der Waals surface area contributed by atoms with Gasteiger partial charge in [0.2, 0.25) is 0 Å². The van der Waals surface area contributed by atoms with Crippen LogP contribution in [0.2, 0.25) is 5.02 Å². The maximum Gasteiger partial charge on any atom is 0.313 e. The monoisotopic (exact) mass is 298 g/mol. The number of hydrogen-bond donors (Lipinski definition) is 2. The molecule has 0 radical (unpaired) electrons. The third-order valence-electron chi connectivity index (χ3n) is 2.61. The van der Waals surface area contributed by atoms with Crippen LogP contribution >= 0.6 is 11.6 Å². The fraction of sp³-hybridized carbons (Fsp3) is 0.429.